The van der Waals surface area contributed by atoms with Gasteiger partial charge in [-0.05, 0) is 43.8 Å². The molecule has 2 aliphatic heterocycles. The van der Waals surface area contributed by atoms with Gasteiger partial charge in [0, 0.05) is 31.9 Å². The van der Waals surface area contributed by atoms with Crippen molar-refractivity contribution in [2.24, 2.45) is 4.99 Å². The first kappa shape index (κ1) is 19.3. The average molecular weight is 397 g/mol. The molecular weight excluding hydrogens is 368 g/mol. The van der Waals surface area contributed by atoms with Crippen LogP contribution in [0, 0.1) is 6.92 Å². The Hall–Kier alpha value is -2.02. The van der Waals surface area contributed by atoms with Gasteiger partial charge in [-0.3, -0.25) is 5.01 Å². The Morgan fingerprint density at radius 1 is 0.964 bits per heavy atom. The van der Waals surface area contributed by atoms with Crippen LogP contribution in [0.4, 0.5) is 5.69 Å². The van der Waals surface area contributed by atoms with E-state index in [0.717, 1.165) is 48.5 Å². The summed E-state index contributed by atoms with van der Waals surface area (Å²) in [6.07, 6.45) is 0. The molecule has 148 valence electrons. The molecule has 0 bridgehead atoms. The first-order valence-corrected chi connectivity index (χ1v) is 10.8. The third-order valence-corrected chi connectivity index (χ3v) is 6.42. The van der Waals surface area contributed by atoms with Gasteiger partial charge in [0.05, 0.1) is 18.8 Å². The van der Waals surface area contributed by atoms with Crippen molar-refractivity contribution in [3.05, 3.63) is 59.7 Å². The second kappa shape index (κ2) is 8.55. The molecule has 2 fully saturated rings. The summed E-state index contributed by atoms with van der Waals surface area (Å²) in [6.45, 7) is 6.36. The van der Waals surface area contributed by atoms with Crippen LogP contribution in [0.15, 0.2) is 53.5 Å². The number of hydrogen-bond acceptors (Lipinski definition) is 5. The van der Waals surface area contributed by atoms with Crippen LogP contribution in [-0.4, -0.2) is 66.2 Å². The van der Waals surface area contributed by atoms with E-state index >= 15 is 0 Å². The van der Waals surface area contributed by atoms with Crippen LogP contribution >= 0.6 is 11.8 Å². The van der Waals surface area contributed by atoms with Crippen LogP contribution in [0.3, 0.4) is 0 Å². The smallest absolute Gasteiger partial charge is 0.179 e. The summed E-state index contributed by atoms with van der Waals surface area (Å²) in [5, 5.41) is 6.00. The lowest BCUT2D eigenvalue weighted by Crippen LogP contribution is -2.53. The van der Waals surface area contributed by atoms with Gasteiger partial charge in [-0.25, -0.2) is 10.0 Å². The summed E-state index contributed by atoms with van der Waals surface area (Å²) in [7, 11) is 3.88. The number of aliphatic imine (C=N–C) groups is 1. The van der Waals surface area contributed by atoms with Gasteiger partial charge in [-0.1, -0.05) is 41.6 Å². The lowest BCUT2D eigenvalue weighted by atomic mass is 10.1. The number of piperazine rings is 1. The molecule has 6 heteroatoms. The number of amidine groups is 1. The molecule has 2 saturated heterocycles. The fourth-order valence-corrected chi connectivity index (χ4v) is 4.82. The highest BCUT2D eigenvalue weighted by atomic mass is 32.2. The zero-order valence-corrected chi connectivity index (χ0v) is 17.7. The Balaban J connectivity index is 1.64. The van der Waals surface area contributed by atoms with Gasteiger partial charge in [-0.15, -0.1) is 0 Å². The van der Waals surface area contributed by atoms with Crippen molar-refractivity contribution >= 4 is 22.6 Å². The molecule has 5 nitrogen and oxygen atoms in total. The van der Waals surface area contributed by atoms with Crippen molar-refractivity contribution in [3.63, 3.8) is 0 Å². The van der Waals surface area contributed by atoms with Gasteiger partial charge in [0.25, 0.3) is 0 Å². The number of hydrogen-bond donors (Lipinski definition) is 0. The topological polar surface area (TPSA) is 31.3 Å². The summed E-state index contributed by atoms with van der Waals surface area (Å²) in [5.41, 5.74) is 3.62. The molecule has 2 aliphatic rings. The van der Waals surface area contributed by atoms with E-state index < -0.39 is 0 Å². The molecular formula is C22H28N4OS. The first-order valence-electron chi connectivity index (χ1n) is 9.79. The van der Waals surface area contributed by atoms with Gasteiger partial charge >= 0.3 is 0 Å². The van der Waals surface area contributed by atoms with Crippen LogP contribution in [0.1, 0.15) is 17.2 Å². The fraction of sp³-hybridized carbons (Fsp3) is 0.409. The lowest BCUT2D eigenvalue weighted by molar-refractivity contribution is -0.0151. The van der Waals surface area contributed by atoms with E-state index in [0.29, 0.717) is 6.04 Å². The summed E-state index contributed by atoms with van der Waals surface area (Å²) in [4.78, 5) is 7.39. The van der Waals surface area contributed by atoms with Gasteiger partial charge in [-0.2, -0.15) is 0 Å². The Kier molecular flexibility index (Phi) is 5.90. The average Bonchev–Trinajstić information content (AvgIpc) is 3.13. The van der Waals surface area contributed by atoms with E-state index in [2.05, 4.69) is 53.2 Å². The number of methoxy groups -OCH3 is 1. The number of rotatable bonds is 4. The number of likely N-dealkylation sites (N-methyl/N-ethyl adjacent to an activating group) is 1. The highest BCUT2D eigenvalue weighted by molar-refractivity contribution is 8.14. The van der Waals surface area contributed by atoms with Crippen molar-refractivity contribution in [2.45, 2.75) is 13.0 Å². The Bertz CT molecular complexity index is 813. The number of aryl methyl sites for hydroxylation is 1. The largest absolute Gasteiger partial charge is 0.497 e. The normalized spacial score (nSPS) is 22.8. The van der Waals surface area contributed by atoms with E-state index in [-0.39, 0.29) is 0 Å². The van der Waals surface area contributed by atoms with Crippen molar-refractivity contribution < 1.29 is 4.74 Å². The molecule has 0 spiro atoms. The Morgan fingerprint density at radius 2 is 1.64 bits per heavy atom. The maximum absolute atomic E-state index is 5.27. The number of hydrazine groups is 1. The maximum atomic E-state index is 5.27. The predicted octanol–water partition coefficient (Wildman–Crippen LogP) is 3.94. The summed E-state index contributed by atoms with van der Waals surface area (Å²) < 4.78 is 5.27. The number of ether oxygens (including phenoxy) is 1. The molecule has 2 heterocycles. The molecule has 2 aromatic rings. The lowest BCUT2D eigenvalue weighted by Gasteiger charge is -2.41. The molecule has 4 rings (SSSR count). The molecule has 0 radical (unpaired) electrons. The highest BCUT2D eigenvalue weighted by Crippen LogP contribution is 2.38. The van der Waals surface area contributed by atoms with E-state index in [4.69, 9.17) is 9.73 Å². The predicted molar refractivity (Wildman–Crippen MR) is 117 cm³/mol. The maximum Gasteiger partial charge on any atom is 0.179 e. The van der Waals surface area contributed by atoms with Crippen LogP contribution in [-0.2, 0) is 0 Å². The number of thioether (sulfide) groups is 1. The zero-order valence-electron chi connectivity index (χ0n) is 16.8. The van der Waals surface area contributed by atoms with Crippen LogP contribution in [0.25, 0.3) is 0 Å². The molecule has 0 amide bonds. The van der Waals surface area contributed by atoms with E-state index in [1.165, 1.54) is 11.1 Å². The van der Waals surface area contributed by atoms with Gasteiger partial charge in [0.1, 0.15) is 5.75 Å². The monoisotopic (exact) mass is 396 g/mol. The Morgan fingerprint density at radius 3 is 2.29 bits per heavy atom. The molecule has 0 aliphatic carbocycles. The molecule has 0 saturated carbocycles. The van der Waals surface area contributed by atoms with Crippen LogP contribution in [0.2, 0.25) is 0 Å². The minimum atomic E-state index is 0.325. The Labute approximate surface area is 172 Å². The minimum absolute atomic E-state index is 0.325. The summed E-state index contributed by atoms with van der Waals surface area (Å²) >= 11 is 1.85. The van der Waals surface area contributed by atoms with Gasteiger partial charge in [0.2, 0.25) is 0 Å². The van der Waals surface area contributed by atoms with Crippen LogP contribution < -0.4 is 4.74 Å². The SMILES string of the molecule is COc1ccc(N=C2SC[C@@H](c3ccc(C)cc3)N2N2CCN(C)CC2)cc1. The summed E-state index contributed by atoms with van der Waals surface area (Å²) in [6, 6.07) is 17.3. The third-order valence-electron chi connectivity index (χ3n) is 5.41. The van der Waals surface area contributed by atoms with Crippen molar-refractivity contribution in [1.29, 1.82) is 0 Å². The fourth-order valence-electron chi connectivity index (χ4n) is 3.63. The van der Waals surface area contributed by atoms with Crippen molar-refractivity contribution in [1.82, 2.24) is 14.9 Å². The van der Waals surface area contributed by atoms with E-state index in [9.17, 15) is 0 Å². The van der Waals surface area contributed by atoms with Crippen LogP contribution in [0.5, 0.6) is 5.75 Å². The standard InChI is InChI=1S/C22H28N4OS/c1-17-4-6-18(7-5-17)21-16-28-22(23-19-8-10-20(27-3)11-9-19)26(21)25-14-12-24(2)13-15-25/h4-11,21H,12-16H2,1-3H3/t21-/m0/s1. The van der Waals surface area contributed by atoms with Crippen molar-refractivity contribution in [3.8, 4) is 5.75 Å². The molecule has 0 N–H and O–H groups in total. The molecule has 0 unspecified atom stereocenters. The second-order valence-electron chi connectivity index (χ2n) is 7.43. The summed E-state index contributed by atoms with van der Waals surface area (Å²) in [5.74, 6) is 1.88. The second-order valence-corrected chi connectivity index (χ2v) is 8.42. The van der Waals surface area contributed by atoms with Gasteiger partial charge < -0.3 is 9.64 Å². The van der Waals surface area contributed by atoms with Crippen molar-refractivity contribution in [2.75, 3.05) is 46.1 Å². The minimum Gasteiger partial charge on any atom is -0.497 e. The number of nitrogens with zero attached hydrogens (tertiary/aromatic N) is 4. The van der Waals surface area contributed by atoms with E-state index in [1.54, 1.807) is 7.11 Å². The number of benzene rings is 2. The molecule has 2 aromatic carbocycles. The zero-order chi connectivity index (χ0) is 19.5. The molecule has 1 atom stereocenters. The quantitative estimate of drug-likeness (QED) is 0.781. The molecule has 28 heavy (non-hydrogen) atoms. The molecule has 0 aromatic heterocycles. The highest BCUT2D eigenvalue weighted by Gasteiger charge is 2.36. The van der Waals surface area contributed by atoms with Gasteiger partial charge in [0.15, 0.2) is 5.17 Å². The third kappa shape index (κ3) is 4.19. The first-order chi connectivity index (χ1) is 13.6. The van der Waals surface area contributed by atoms with E-state index in [1.807, 2.05) is 36.0 Å².